The second-order valence-corrected chi connectivity index (χ2v) is 3.98. The smallest absolute Gasteiger partial charge is 0.161 e. The standard InChI is InChI=1S/C11H20O/c1-7(2)9(5)10(6)11(12)8(3)4/h7-8H,1-6H3. The van der Waals surface area contributed by atoms with Gasteiger partial charge in [0.1, 0.15) is 0 Å². The summed E-state index contributed by atoms with van der Waals surface area (Å²) in [7, 11) is 0. The van der Waals surface area contributed by atoms with Crippen molar-refractivity contribution in [3.05, 3.63) is 11.1 Å². The third-order valence-electron chi connectivity index (χ3n) is 2.35. The Kier molecular flexibility index (Phi) is 4.22. The van der Waals surface area contributed by atoms with Crippen LogP contribution in [0.15, 0.2) is 11.1 Å². The Morgan fingerprint density at radius 2 is 1.33 bits per heavy atom. The van der Waals surface area contributed by atoms with Crippen LogP contribution in [0.1, 0.15) is 41.5 Å². The van der Waals surface area contributed by atoms with Gasteiger partial charge in [0.15, 0.2) is 5.78 Å². The molecule has 0 amide bonds. The molecule has 0 heterocycles. The minimum Gasteiger partial charge on any atom is -0.294 e. The zero-order valence-corrected chi connectivity index (χ0v) is 9.06. The second kappa shape index (κ2) is 4.44. The highest BCUT2D eigenvalue weighted by Gasteiger charge is 2.12. The van der Waals surface area contributed by atoms with E-state index in [1.165, 1.54) is 5.57 Å². The maximum absolute atomic E-state index is 11.5. The van der Waals surface area contributed by atoms with Crippen molar-refractivity contribution in [2.24, 2.45) is 11.8 Å². The van der Waals surface area contributed by atoms with Crippen molar-refractivity contribution in [1.82, 2.24) is 0 Å². The fourth-order valence-corrected chi connectivity index (χ4v) is 1.06. The third kappa shape index (κ3) is 2.80. The lowest BCUT2D eigenvalue weighted by Gasteiger charge is -2.11. The Bertz CT molecular complexity index is 197. The number of carbonyl (C=O) groups is 1. The summed E-state index contributed by atoms with van der Waals surface area (Å²) >= 11 is 0. The van der Waals surface area contributed by atoms with Crippen LogP contribution in [0.3, 0.4) is 0 Å². The minimum atomic E-state index is 0.124. The Morgan fingerprint density at radius 3 is 1.58 bits per heavy atom. The first-order chi connectivity index (χ1) is 5.37. The van der Waals surface area contributed by atoms with Crippen molar-refractivity contribution in [2.75, 3.05) is 0 Å². The SMILES string of the molecule is CC(C(=O)C(C)C)=C(C)C(C)C. The predicted octanol–water partition coefficient (Wildman–Crippen LogP) is 3.20. The molecule has 0 aromatic rings. The van der Waals surface area contributed by atoms with E-state index in [2.05, 4.69) is 13.8 Å². The summed E-state index contributed by atoms with van der Waals surface area (Å²) in [5.74, 6) is 0.882. The van der Waals surface area contributed by atoms with Gasteiger partial charge in [0, 0.05) is 5.92 Å². The van der Waals surface area contributed by atoms with Crippen LogP contribution in [0.2, 0.25) is 0 Å². The van der Waals surface area contributed by atoms with Crippen LogP contribution < -0.4 is 0 Å². The Hall–Kier alpha value is -0.590. The molecule has 1 heteroatoms. The quantitative estimate of drug-likeness (QED) is 0.591. The summed E-state index contributed by atoms with van der Waals surface area (Å²) in [5.41, 5.74) is 2.16. The fourth-order valence-electron chi connectivity index (χ4n) is 1.06. The van der Waals surface area contributed by atoms with Crippen molar-refractivity contribution < 1.29 is 4.79 Å². The van der Waals surface area contributed by atoms with E-state index in [1.54, 1.807) is 0 Å². The molecule has 0 bridgehead atoms. The molecule has 0 aliphatic carbocycles. The Balaban J connectivity index is 4.67. The highest BCUT2D eigenvalue weighted by molar-refractivity contribution is 5.96. The summed E-state index contributed by atoms with van der Waals surface area (Å²) in [5, 5.41) is 0. The van der Waals surface area contributed by atoms with Gasteiger partial charge in [-0.1, -0.05) is 33.3 Å². The van der Waals surface area contributed by atoms with Crippen molar-refractivity contribution >= 4 is 5.78 Å². The molecular formula is C11H20O. The summed E-state index contributed by atoms with van der Waals surface area (Å²) in [6.45, 7) is 12.1. The molecule has 0 N–H and O–H groups in total. The van der Waals surface area contributed by atoms with E-state index in [0.29, 0.717) is 5.92 Å². The summed E-state index contributed by atoms with van der Waals surface area (Å²) in [4.78, 5) is 11.5. The van der Waals surface area contributed by atoms with E-state index < -0.39 is 0 Å². The lowest BCUT2D eigenvalue weighted by Crippen LogP contribution is -2.11. The normalized spacial score (nSPS) is 13.7. The largest absolute Gasteiger partial charge is 0.294 e. The molecule has 0 aliphatic heterocycles. The molecule has 1 nitrogen and oxygen atoms in total. The molecule has 0 saturated carbocycles. The summed E-state index contributed by atoms with van der Waals surface area (Å²) in [6, 6.07) is 0. The average Bonchev–Trinajstić information content (AvgIpc) is 2.00. The molecule has 12 heavy (non-hydrogen) atoms. The van der Waals surface area contributed by atoms with Gasteiger partial charge >= 0.3 is 0 Å². The van der Waals surface area contributed by atoms with Crippen LogP contribution in [0, 0.1) is 11.8 Å². The van der Waals surface area contributed by atoms with E-state index in [9.17, 15) is 4.79 Å². The van der Waals surface area contributed by atoms with Gasteiger partial charge < -0.3 is 0 Å². The number of Topliss-reactive ketones (excluding diaryl/α,β-unsaturated/α-hetero) is 1. The van der Waals surface area contributed by atoms with Crippen molar-refractivity contribution in [3.8, 4) is 0 Å². The van der Waals surface area contributed by atoms with Gasteiger partial charge in [0.2, 0.25) is 0 Å². The van der Waals surface area contributed by atoms with Crippen LogP contribution >= 0.6 is 0 Å². The highest BCUT2D eigenvalue weighted by Crippen LogP contribution is 2.16. The van der Waals surface area contributed by atoms with Gasteiger partial charge in [-0.3, -0.25) is 4.79 Å². The van der Waals surface area contributed by atoms with Crippen LogP contribution in [0.25, 0.3) is 0 Å². The molecule has 0 aromatic heterocycles. The number of hydrogen-bond donors (Lipinski definition) is 0. The van der Waals surface area contributed by atoms with Gasteiger partial charge in [0.25, 0.3) is 0 Å². The number of carbonyl (C=O) groups excluding carboxylic acids is 1. The van der Waals surface area contributed by atoms with E-state index in [-0.39, 0.29) is 11.7 Å². The molecular weight excluding hydrogens is 148 g/mol. The first kappa shape index (κ1) is 11.4. The molecule has 0 atom stereocenters. The number of ketones is 1. The van der Waals surface area contributed by atoms with E-state index in [1.807, 2.05) is 27.7 Å². The zero-order chi connectivity index (χ0) is 9.89. The van der Waals surface area contributed by atoms with Gasteiger partial charge in [-0.2, -0.15) is 0 Å². The van der Waals surface area contributed by atoms with Crippen LogP contribution in [0.5, 0.6) is 0 Å². The van der Waals surface area contributed by atoms with Crippen molar-refractivity contribution in [1.29, 1.82) is 0 Å². The lowest BCUT2D eigenvalue weighted by molar-refractivity contribution is -0.118. The summed E-state index contributed by atoms with van der Waals surface area (Å²) in [6.07, 6.45) is 0. The zero-order valence-electron chi connectivity index (χ0n) is 9.06. The second-order valence-electron chi connectivity index (χ2n) is 3.98. The third-order valence-corrected chi connectivity index (χ3v) is 2.35. The maximum atomic E-state index is 11.5. The van der Waals surface area contributed by atoms with Crippen molar-refractivity contribution in [2.45, 2.75) is 41.5 Å². The molecule has 0 rings (SSSR count). The molecule has 70 valence electrons. The number of hydrogen-bond acceptors (Lipinski definition) is 1. The van der Waals surface area contributed by atoms with Gasteiger partial charge in [-0.15, -0.1) is 0 Å². The highest BCUT2D eigenvalue weighted by atomic mass is 16.1. The summed E-state index contributed by atoms with van der Waals surface area (Å²) < 4.78 is 0. The molecule has 0 aliphatic rings. The van der Waals surface area contributed by atoms with Crippen LogP contribution in [0.4, 0.5) is 0 Å². The lowest BCUT2D eigenvalue weighted by atomic mass is 9.93. The van der Waals surface area contributed by atoms with Gasteiger partial charge in [-0.05, 0) is 25.3 Å². The van der Waals surface area contributed by atoms with Crippen LogP contribution in [-0.4, -0.2) is 5.78 Å². The monoisotopic (exact) mass is 168 g/mol. The van der Waals surface area contributed by atoms with E-state index in [0.717, 1.165) is 5.57 Å². The average molecular weight is 168 g/mol. The molecule has 0 aromatic carbocycles. The van der Waals surface area contributed by atoms with Gasteiger partial charge in [-0.25, -0.2) is 0 Å². The topological polar surface area (TPSA) is 17.1 Å². The number of rotatable bonds is 3. The van der Waals surface area contributed by atoms with Crippen molar-refractivity contribution in [3.63, 3.8) is 0 Å². The predicted molar refractivity (Wildman–Crippen MR) is 53.1 cm³/mol. The first-order valence-corrected chi connectivity index (χ1v) is 4.59. The molecule has 0 unspecified atom stereocenters. The van der Waals surface area contributed by atoms with Crippen LogP contribution in [-0.2, 0) is 4.79 Å². The maximum Gasteiger partial charge on any atom is 0.161 e. The molecule has 0 radical (unpaired) electrons. The Labute approximate surface area is 75.9 Å². The molecule has 0 saturated heterocycles. The van der Waals surface area contributed by atoms with Gasteiger partial charge in [0.05, 0.1) is 0 Å². The minimum absolute atomic E-state index is 0.124. The molecule has 0 fully saturated rings. The first-order valence-electron chi connectivity index (χ1n) is 4.59. The van der Waals surface area contributed by atoms with E-state index in [4.69, 9.17) is 0 Å². The fraction of sp³-hybridized carbons (Fsp3) is 0.727. The molecule has 0 spiro atoms. The number of allylic oxidation sites excluding steroid dienone is 2. The Morgan fingerprint density at radius 1 is 0.917 bits per heavy atom. The van der Waals surface area contributed by atoms with E-state index >= 15 is 0 Å².